The topological polar surface area (TPSA) is 13.1 Å². The molecule has 0 aliphatic rings. The fraction of sp³-hybridized carbons (Fsp3) is 0.429. The second-order valence-corrected chi connectivity index (χ2v) is 5.29. The molecule has 18 heavy (non-hydrogen) atoms. The van der Waals surface area contributed by atoms with Gasteiger partial charge in [0.25, 0.3) is 0 Å². The van der Waals surface area contributed by atoms with Gasteiger partial charge in [0.2, 0.25) is 0 Å². The van der Waals surface area contributed by atoms with E-state index in [0.29, 0.717) is 11.1 Å². The molecule has 98 valence electrons. The summed E-state index contributed by atoms with van der Waals surface area (Å²) in [6, 6.07) is 7.09. The maximum Gasteiger partial charge on any atom is 0.394 e. The van der Waals surface area contributed by atoms with Crippen LogP contribution >= 0.6 is 0 Å². The monoisotopic (exact) mass is 256 g/mol. The van der Waals surface area contributed by atoms with Crippen molar-refractivity contribution in [2.75, 3.05) is 0 Å². The Kier molecular flexibility index (Phi) is 2.92. The average molecular weight is 256 g/mol. The fourth-order valence-corrected chi connectivity index (χ4v) is 1.93. The Morgan fingerprint density at radius 1 is 1.11 bits per heavy atom. The highest BCUT2D eigenvalue weighted by Crippen LogP contribution is 2.40. The zero-order valence-corrected chi connectivity index (χ0v) is 10.6. The molecule has 0 aliphatic carbocycles. The lowest BCUT2D eigenvalue weighted by Crippen LogP contribution is -2.34. The van der Waals surface area contributed by atoms with Gasteiger partial charge in [-0.1, -0.05) is 26.0 Å². The molecule has 0 radical (unpaired) electrons. The summed E-state index contributed by atoms with van der Waals surface area (Å²) in [4.78, 5) is 0. The highest BCUT2D eigenvalue weighted by molar-refractivity contribution is 5.78. The number of aryl methyl sites for hydroxylation is 1. The average Bonchev–Trinajstić information content (AvgIpc) is 2.54. The van der Waals surface area contributed by atoms with E-state index in [1.165, 1.54) is 13.8 Å². The van der Waals surface area contributed by atoms with Gasteiger partial charge in [-0.05, 0) is 31.0 Å². The van der Waals surface area contributed by atoms with Crippen molar-refractivity contribution >= 4 is 11.0 Å². The fourth-order valence-electron chi connectivity index (χ4n) is 1.93. The predicted molar refractivity (Wildman–Crippen MR) is 64.5 cm³/mol. The van der Waals surface area contributed by atoms with Crippen molar-refractivity contribution in [2.24, 2.45) is 5.41 Å². The Bertz CT molecular complexity index is 564. The van der Waals surface area contributed by atoms with E-state index in [1.54, 1.807) is 18.2 Å². The van der Waals surface area contributed by atoms with Gasteiger partial charge in [-0.2, -0.15) is 13.2 Å². The quantitative estimate of drug-likeness (QED) is 0.747. The third-order valence-electron chi connectivity index (χ3n) is 3.12. The van der Waals surface area contributed by atoms with Crippen LogP contribution in [0.2, 0.25) is 0 Å². The van der Waals surface area contributed by atoms with E-state index in [9.17, 15) is 13.2 Å². The Morgan fingerprint density at radius 3 is 2.39 bits per heavy atom. The van der Waals surface area contributed by atoms with Crippen LogP contribution in [-0.2, 0) is 6.42 Å². The lowest BCUT2D eigenvalue weighted by atomic mass is 9.85. The van der Waals surface area contributed by atoms with Crippen molar-refractivity contribution in [2.45, 2.75) is 33.4 Å². The van der Waals surface area contributed by atoms with Crippen LogP contribution in [0.15, 0.2) is 28.7 Å². The number of halogens is 3. The second-order valence-electron chi connectivity index (χ2n) is 5.29. The van der Waals surface area contributed by atoms with Crippen LogP contribution < -0.4 is 0 Å². The smallest absolute Gasteiger partial charge is 0.394 e. The second kappa shape index (κ2) is 4.04. The summed E-state index contributed by atoms with van der Waals surface area (Å²) >= 11 is 0. The number of rotatable bonds is 2. The number of alkyl halides is 3. The van der Waals surface area contributed by atoms with Crippen molar-refractivity contribution in [1.82, 2.24) is 0 Å². The first-order chi connectivity index (χ1) is 8.19. The summed E-state index contributed by atoms with van der Waals surface area (Å²) in [5, 5.41) is 0.918. The minimum atomic E-state index is -4.21. The molecule has 1 aromatic carbocycles. The van der Waals surface area contributed by atoms with E-state index in [2.05, 4.69) is 0 Å². The molecule has 1 aromatic heterocycles. The molecule has 4 heteroatoms. The molecule has 2 aromatic rings. The van der Waals surface area contributed by atoms with Crippen molar-refractivity contribution < 1.29 is 17.6 Å². The van der Waals surface area contributed by atoms with Crippen LogP contribution in [0.1, 0.15) is 25.2 Å². The van der Waals surface area contributed by atoms with Gasteiger partial charge in [-0.25, -0.2) is 0 Å². The van der Waals surface area contributed by atoms with Crippen LogP contribution in [0.4, 0.5) is 13.2 Å². The van der Waals surface area contributed by atoms with E-state index < -0.39 is 11.6 Å². The van der Waals surface area contributed by atoms with Crippen LogP contribution in [-0.4, -0.2) is 6.18 Å². The Morgan fingerprint density at radius 2 is 1.78 bits per heavy atom. The van der Waals surface area contributed by atoms with Crippen LogP contribution in [0.25, 0.3) is 11.0 Å². The lowest BCUT2D eigenvalue weighted by molar-refractivity contribution is -0.211. The van der Waals surface area contributed by atoms with Crippen molar-refractivity contribution in [1.29, 1.82) is 0 Å². The molecule has 0 unspecified atom stereocenters. The molecule has 0 fully saturated rings. The minimum Gasteiger partial charge on any atom is -0.461 e. The van der Waals surface area contributed by atoms with Crippen molar-refractivity contribution in [3.05, 3.63) is 35.6 Å². The Labute approximate surface area is 104 Å². The van der Waals surface area contributed by atoms with Gasteiger partial charge in [0, 0.05) is 5.39 Å². The molecule has 0 saturated heterocycles. The summed E-state index contributed by atoms with van der Waals surface area (Å²) in [5.74, 6) is 0.761. The largest absolute Gasteiger partial charge is 0.461 e. The van der Waals surface area contributed by atoms with Gasteiger partial charge in [0.15, 0.2) is 0 Å². The van der Waals surface area contributed by atoms with E-state index in [1.807, 2.05) is 13.0 Å². The van der Waals surface area contributed by atoms with Gasteiger partial charge in [-0.15, -0.1) is 0 Å². The molecule has 0 bridgehead atoms. The summed E-state index contributed by atoms with van der Waals surface area (Å²) in [5.41, 5.74) is -0.454. The molecule has 0 spiro atoms. The van der Waals surface area contributed by atoms with Gasteiger partial charge in [-0.3, -0.25) is 0 Å². The van der Waals surface area contributed by atoms with Crippen LogP contribution in [0, 0.1) is 12.3 Å². The maximum absolute atomic E-state index is 12.8. The number of hydrogen-bond acceptors (Lipinski definition) is 1. The minimum absolute atomic E-state index is 0.0494. The standard InChI is InChI=1S/C14H15F3O/c1-9-6-11-5-4-10(7-12(11)18-9)8-13(2,3)14(15,16)17/h4-7H,8H2,1-3H3. The van der Waals surface area contributed by atoms with Gasteiger partial charge in [0.05, 0.1) is 5.41 Å². The third-order valence-corrected chi connectivity index (χ3v) is 3.12. The van der Waals surface area contributed by atoms with E-state index in [0.717, 1.165) is 11.1 Å². The molecular formula is C14H15F3O. The van der Waals surface area contributed by atoms with Crippen LogP contribution in [0.3, 0.4) is 0 Å². The maximum atomic E-state index is 12.8. The van der Waals surface area contributed by atoms with E-state index >= 15 is 0 Å². The molecule has 0 aliphatic heterocycles. The van der Waals surface area contributed by atoms with E-state index in [4.69, 9.17) is 4.42 Å². The predicted octanol–water partition coefficient (Wildman–Crippen LogP) is 4.87. The Hall–Kier alpha value is -1.45. The van der Waals surface area contributed by atoms with Crippen LogP contribution in [0.5, 0.6) is 0 Å². The molecule has 0 atom stereocenters. The Balaban J connectivity index is 2.32. The summed E-state index contributed by atoms with van der Waals surface area (Å²) in [6.07, 6.45) is -4.26. The number of fused-ring (bicyclic) bond motifs is 1. The molecular weight excluding hydrogens is 241 g/mol. The molecule has 0 amide bonds. The number of furan rings is 1. The number of benzene rings is 1. The molecule has 2 rings (SSSR count). The summed E-state index contributed by atoms with van der Waals surface area (Å²) < 4.78 is 43.9. The third kappa shape index (κ3) is 2.37. The van der Waals surface area contributed by atoms with Crippen molar-refractivity contribution in [3.8, 4) is 0 Å². The zero-order chi connectivity index (χ0) is 13.6. The number of hydrogen-bond donors (Lipinski definition) is 0. The molecule has 0 saturated carbocycles. The molecule has 1 nitrogen and oxygen atoms in total. The summed E-state index contributed by atoms with van der Waals surface area (Å²) in [7, 11) is 0. The highest BCUT2D eigenvalue weighted by Gasteiger charge is 2.46. The first-order valence-electron chi connectivity index (χ1n) is 5.75. The van der Waals surface area contributed by atoms with Gasteiger partial charge in [0.1, 0.15) is 11.3 Å². The first kappa shape index (κ1) is 13.0. The van der Waals surface area contributed by atoms with Crippen molar-refractivity contribution in [3.63, 3.8) is 0 Å². The molecule has 1 heterocycles. The van der Waals surface area contributed by atoms with Gasteiger partial charge < -0.3 is 4.42 Å². The van der Waals surface area contributed by atoms with Gasteiger partial charge >= 0.3 is 6.18 Å². The normalized spacial score (nSPS) is 13.2. The highest BCUT2D eigenvalue weighted by atomic mass is 19.4. The SMILES string of the molecule is Cc1cc2ccc(CC(C)(C)C(F)(F)F)cc2o1. The molecule has 0 N–H and O–H groups in total. The summed E-state index contributed by atoms with van der Waals surface area (Å²) in [6.45, 7) is 4.24. The first-order valence-corrected chi connectivity index (χ1v) is 5.75. The zero-order valence-electron chi connectivity index (χ0n) is 10.6. The van der Waals surface area contributed by atoms with E-state index in [-0.39, 0.29) is 6.42 Å². The lowest BCUT2D eigenvalue weighted by Gasteiger charge is -2.27.